The van der Waals surface area contributed by atoms with Gasteiger partial charge in [-0.1, -0.05) is 19.1 Å². The SMILES string of the molecule is CCN(CCc1ccncc1)CCc1ccc2c(c1)CC(C)N2. The lowest BCUT2D eigenvalue weighted by molar-refractivity contribution is 0.295. The molecule has 1 aromatic carbocycles. The number of aromatic nitrogens is 1. The molecule has 0 radical (unpaired) electrons. The number of anilines is 1. The maximum Gasteiger partial charge on any atom is 0.0375 e. The van der Waals surface area contributed by atoms with Crippen molar-refractivity contribution in [2.24, 2.45) is 0 Å². The summed E-state index contributed by atoms with van der Waals surface area (Å²) in [6.45, 7) is 7.85. The minimum atomic E-state index is 0.577. The molecule has 1 aliphatic heterocycles. The molecule has 3 heteroatoms. The first kappa shape index (κ1) is 16.0. The smallest absolute Gasteiger partial charge is 0.0375 e. The van der Waals surface area contributed by atoms with E-state index < -0.39 is 0 Å². The molecule has 1 aromatic heterocycles. The van der Waals surface area contributed by atoms with Gasteiger partial charge in [0.15, 0.2) is 0 Å². The number of pyridine rings is 1. The molecule has 0 aliphatic carbocycles. The van der Waals surface area contributed by atoms with Crippen LogP contribution in [-0.2, 0) is 19.3 Å². The molecule has 0 spiro atoms. The predicted octanol–water partition coefficient (Wildman–Crippen LogP) is 3.55. The highest BCUT2D eigenvalue weighted by Gasteiger charge is 2.16. The Morgan fingerprint density at radius 1 is 1.09 bits per heavy atom. The standard InChI is InChI=1S/C20H27N3/c1-3-23(12-8-17-6-10-21-11-7-17)13-9-18-4-5-20-19(15-18)14-16(2)22-20/h4-7,10-11,15-16,22H,3,8-9,12-14H2,1-2H3. The molecule has 0 fully saturated rings. The maximum absolute atomic E-state index is 4.08. The fourth-order valence-corrected chi connectivity index (χ4v) is 3.31. The molecule has 122 valence electrons. The zero-order valence-electron chi connectivity index (χ0n) is 14.3. The van der Waals surface area contributed by atoms with Crippen LogP contribution >= 0.6 is 0 Å². The van der Waals surface area contributed by atoms with Crippen molar-refractivity contribution in [2.45, 2.75) is 39.2 Å². The fourth-order valence-electron chi connectivity index (χ4n) is 3.31. The number of hydrogen-bond donors (Lipinski definition) is 1. The summed E-state index contributed by atoms with van der Waals surface area (Å²) < 4.78 is 0. The Bertz CT molecular complexity index is 624. The summed E-state index contributed by atoms with van der Waals surface area (Å²) >= 11 is 0. The summed E-state index contributed by atoms with van der Waals surface area (Å²) in [6.07, 6.45) is 7.15. The first-order valence-corrected chi connectivity index (χ1v) is 8.74. The van der Waals surface area contributed by atoms with Gasteiger partial charge in [-0.3, -0.25) is 4.98 Å². The summed E-state index contributed by atoms with van der Waals surface area (Å²) in [5, 5.41) is 3.52. The second-order valence-electron chi connectivity index (χ2n) is 6.53. The van der Waals surface area contributed by atoms with E-state index in [9.17, 15) is 0 Å². The molecule has 1 N–H and O–H groups in total. The van der Waals surface area contributed by atoms with E-state index in [0.717, 1.165) is 38.9 Å². The van der Waals surface area contributed by atoms with Gasteiger partial charge in [-0.15, -0.1) is 0 Å². The van der Waals surface area contributed by atoms with Crippen molar-refractivity contribution in [1.29, 1.82) is 0 Å². The monoisotopic (exact) mass is 309 g/mol. The highest BCUT2D eigenvalue weighted by Crippen LogP contribution is 2.26. The minimum Gasteiger partial charge on any atom is -0.382 e. The van der Waals surface area contributed by atoms with E-state index in [4.69, 9.17) is 0 Å². The number of nitrogens with zero attached hydrogens (tertiary/aromatic N) is 2. The Morgan fingerprint density at radius 3 is 2.57 bits per heavy atom. The lowest BCUT2D eigenvalue weighted by Crippen LogP contribution is -2.28. The molecule has 1 atom stereocenters. The highest BCUT2D eigenvalue weighted by atomic mass is 15.1. The summed E-state index contributed by atoms with van der Waals surface area (Å²) in [5.74, 6) is 0. The third-order valence-electron chi connectivity index (χ3n) is 4.73. The van der Waals surface area contributed by atoms with Crippen molar-refractivity contribution in [3.63, 3.8) is 0 Å². The molecular formula is C20H27N3. The van der Waals surface area contributed by atoms with Gasteiger partial charge >= 0.3 is 0 Å². The summed E-state index contributed by atoms with van der Waals surface area (Å²) in [5.41, 5.74) is 5.64. The Morgan fingerprint density at radius 2 is 1.83 bits per heavy atom. The van der Waals surface area contributed by atoms with Crippen LogP contribution in [0.1, 0.15) is 30.5 Å². The molecule has 0 saturated heterocycles. The Hall–Kier alpha value is -1.87. The molecule has 0 amide bonds. The molecular weight excluding hydrogens is 282 g/mol. The van der Waals surface area contributed by atoms with Crippen LogP contribution in [0, 0.1) is 0 Å². The van der Waals surface area contributed by atoms with Gasteiger partial charge in [-0.05, 0) is 67.6 Å². The Balaban J connectivity index is 1.51. The van der Waals surface area contributed by atoms with Crippen LogP contribution in [0.15, 0.2) is 42.7 Å². The van der Waals surface area contributed by atoms with Crippen molar-refractivity contribution < 1.29 is 0 Å². The second-order valence-corrected chi connectivity index (χ2v) is 6.53. The quantitative estimate of drug-likeness (QED) is 0.848. The number of nitrogens with one attached hydrogen (secondary N) is 1. The first-order valence-electron chi connectivity index (χ1n) is 8.74. The van der Waals surface area contributed by atoms with Gasteiger partial charge in [0.2, 0.25) is 0 Å². The van der Waals surface area contributed by atoms with E-state index in [1.807, 2.05) is 12.4 Å². The Labute approximate surface area is 139 Å². The van der Waals surface area contributed by atoms with Crippen LogP contribution < -0.4 is 5.32 Å². The van der Waals surface area contributed by atoms with Gasteiger partial charge < -0.3 is 10.2 Å². The maximum atomic E-state index is 4.08. The highest BCUT2D eigenvalue weighted by molar-refractivity contribution is 5.57. The van der Waals surface area contributed by atoms with Crippen LogP contribution in [0.4, 0.5) is 5.69 Å². The van der Waals surface area contributed by atoms with Crippen LogP contribution in [0.25, 0.3) is 0 Å². The van der Waals surface area contributed by atoms with E-state index in [-0.39, 0.29) is 0 Å². The zero-order chi connectivity index (χ0) is 16.1. The number of hydrogen-bond acceptors (Lipinski definition) is 3. The van der Waals surface area contributed by atoms with Crippen LogP contribution in [0.5, 0.6) is 0 Å². The van der Waals surface area contributed by atoms with Gasteiger partial charge in [0.25, 0.3) is 0 Å². The molecule has 1 aliphatic rings. The van der Waals surface area contributed by atoms with E-state index in [1.54, 1.807) is 0 Å². The molecule has 2 aromatic rings. The lowest BCUT2D eigenvalue weighted by atomic mass is 10.0. The second kappa shape index (κ2) is 7.60. The summed E-state index contributed by atoms with van der Waals surface area (Å²) in [4.78, 5) is 6.62. The average molecular weight is 309 g/mol. The van der Waals surface area contributed by atoms with Crippen LogP contribution in [-0.4, -0.2) is 35.6 Å². The van der Waals surface area contributed by atoms with Gasteiger partial charge in [0.05, 0.1) is 0 Å². The molecule has 1 unspecified atom stereocenters. The van der Waals surface area contributed by atoms with E-state index in [2.05, 4.69) is 59.4 Å². The number of benzene rings is 1. The predicted molar refractivity (Wildman–Crippen MR) is 97.0 cm³/mol. The van der Waals surface area contributed by atoms with Crippen molar-refractivity contribution in [1.82, 2.24) is 9.88 Å². The van der Waals surface area contributed by atoms with E-state index >= 15 is 0 Å². The van der Waals surface area contributed by atoms with E-state index in [1.165, 1.54) is 22.4 Å². The molecule has 0 bridgehead atoms. The van der Waals surface area contributed by atoms with Crippen molar-refractivity contribution in [3.8, 4) is 0 Å². The molecule has 0 saturated carbocycles. The number of rotatable bonds is 7. The molecule has 3 rings (SSSR count). The fraction of sp³-hybridized carbons (Fsp3) is 0.450. The number of fused-ring (bicyclic) bond motifs is 1. The summed E-state index contributed by atoms with van der Waals surface area (Å²) in [6, 6.07) is 11.7. The lowest BCUT2D eigenvalue weighted by Gasteiger charge is -2.20. The van der Waals surface area contributed by atoms with Crippen molar-refractivity contribution in [3.05, 3.63) is 59.4 Å². The number of likely N-dealkylation sites (N-methyl/N-ethyl adjacent to an activating group) is 1. The van der Waals surface area contributed by atoms with Crippen LogP contribution in [0.3, 0.4) is 0 Å². The third kappa shape index (κ3) is 4.32. The third-order valence-corrected chi connectivity index (χ3v) is 4.73. The average Bonchev–Trinajstić information content (AvgIpc) is 2.95. The Kier molecular flexibility index (Phi) is 5.29. The zero-order valence-corrected chi connectivity index (χ0v) is 14.3. The minimum absolute atomic E-state index is 0.577. The molecule has 2 heterocycles. The van der Waals surface area contributed by atoms with Gasteiger partial charge in [-0.25, -0.2) is 0 Å². The van der Waals surface area contributed by atoms with Gasteiger partial charge in [-0.2, -0.15) is 0 Å². The molecule has 23 heavy (non-hydrogen) atoms. The van der Waals surface area contributed by atoms with E-state index in [0.29, 0.717) is 6.04 Å². The van der Waals surface area contributed by atoms with Crippen molar-refractivity contribution >= 4 is 5.69 Å². The van der Waals surface area contributed by atoms with Gasteiger partial charge in [0.1, 0.15) is 0 Å². The van der Waals surface area contributed by atoms with Crippen LogP contribution in [0.2, 0.25) is 0 Å². The van der Waals surface area contributed by atoms with Crippen molar-refractivity contribution in [2.75, 3.05) is 25.0 Å². The normalized spacial score (nSPS) is 16.4. The first-order chi connectivity index (χ1) is 11.2. The summed E-state index contributed by atoms with van der Waals surface area (Å²) in [7, 11) is 0. The topological polar surface area (TPSA) is 28.2 Å². The van der Waals surface area contributed by atoms with Gasteiger partial charge in [0, 0.05) is 37.2 Å². The largest absolute Gasteiger partial charge is 0.382 e. The molecule has 3 nitrogen and oxygen atoms in total.